The monoisotopic (exact) mass is 452 g/mol. The average Bonchev–Trinajstić information content (AvgIpc) is 3.15. The molecule has 33 heavy (non-hydrogen) atoms. The van der Waals surface area contributed by atoms with Gasteiger partial charge in [0.05, 0.1) is 24.1 Å². The van der Waals surface area contributed by atoms with E-state index in [1.807, 2.05) is 19.9 Å². The molecule has 1 N–H and O–H groups in total. The second-order valence-electron chi connectivity index (χ2n) is 7.20. The number of para-hydroxylation sites is 1. The summed E-state index contributed by atoms with van der Waals surface area (Å²) in [5.74, 6) is -0.691. The van der Waals surface area contributed by atoms with Crippen LogP contribution >= 0.6 is 0 Å². The second-order valence-corrected chi connectivity index (χ2v) is 7.20. The number of amides is 2. The van der Waals surface area contributed by atoms with Crippen molar-refractivity contribution in [2.75, 3.05) is 31.0 Å². The highest BCUT2D eigenvalue weighted by Crippen LogP contribution is 2.21. The summed E-state index contributed by atoms with van der Waals surface area (Å²) in [5.41, 5.74) is 2.56. The number of carbonyl (C=O) groups is 3. The number of esters is 1. The Morgan fingerprint density at radius 3 is 2.36 bits per heavy atom. The van der Waals surface area contributed by atoms with Crippen LogP contribution in [0.3, 0.4) is 0 Å². The minimum atomic E-state index is -0.765. The van der Waals surface area contributed by atoms with Crippen molar-refractivity contribution >= 4 is 29.5 Å². The van der Waals surface area contributed by atoms with Crippen LogP contribution in [0.2, 0.25) is 0 Å². The molecule has 1 aromatic carbocycles. The minimum Gasteiger partial charge on any atom is -0.452 e. The number of nitrogens with one attached hydrogen (secondary N) is 1. The van der Waals surface area contributed by atoms with E-state index in [9.17, 15) is 14.4 Å². The van der Waals surface area contributed by atoms with E-state index in [0.29, 0.717) is 17.5 Å². The van der Waals surface area contributed by atoms with Crippen LogP contribution in [0.5, 0.6) is 0 Å². The number of hydrogen-bond donors (Lipinski definition) is 1. The Balaban J connectivity index is 1.71. The van der Waals surface area contributed by atoms with Crippen molar-refractivity contribution < 1.29 is 23.9 Å². The van der Waals surface area contributed by atoms with Crippen LogP contribution in [0.4, 0.5) is 16.3 Å². The zero-order chi connectivity index (χ0) is 24.1. The summed E-state index contributed by atoms with van der Waals surface area (Å²) in [5, 5.41) is 6.99. The van der Waals surface area contributed by atoms with E-state index in [0.717, 1.165) is 11.4 Å². The molecule has 0 saturated heterocycles. The summed E-state index contributed by atoms with van der Waals surface area (Å²) in [6.45, 7) is 4.89. The van der Waals surface area contributed by atoms with Gasteiger partial charge in [-0.15, -0.1) is 0 Å². The average molecular weight is 452 g/mol. The molecule has 0 bridgehead atoms. The molecular weight excluding hydrogens is 428 g/mol. The molecule has 11 heteroatoms. The van der Waals surface area contributed by atoms with E-state index in [-0.39, 0.29) is 11.3 Å². The van der Waals surface area contributed by atoms with Crippen molar-refractivity contribution in [1.29, 1.82) is 0 Å². The number of ether oxygens (including phenoxy) is 2. The minimum absolute atomic E-state index is 0.114. The van der Waals surface area contributed by atoms with E-state index in [1.54, 1.807) is 31.2 Å². The van der Waals surface area contributed by atoms with Crippen molar-refractivity contribution in [1.82, 2.24) is 19.7 Å². The predicted molar refractivity (Wildman–Crippen MR) is 120 cm³/mol. The molecule has 0 aliphatic rings. The summed E-state index contributed by atoms with van der Waals surface area (Å²) >= 11 is 0. The lowest BCUT2D eigenvalue weighted by atomic mass is 10.1. The number of benzene rings is 1. The van der Waals surface area contributed by atoms with Gasteiger partial charge in [0.1, 0.15) is 5.82 Å². The Morgan fingerprint density at radius 2 is 1.70 bits per heavy atom. The Hall–Kier alpha value is -4.28. The first-order valence-electron chi connectivity index (χ1n) is 9.96. The van der Waals surface area contributed by atoms with Gasteiger partial charge in [-0.2, -0.15) is 9.78 Å². The molecule has 0 radical (unpaired) electrons. The maximum atomic E-state index is 12.6. The van der Waals surface area contributed by atoms with Gasteiger partial charge in [0.25, 0.3) is 11.9 Å². The largest absolute Gasteiger partial charge is 0.452 e. The van der Waals surface area contributed by atoms with E-state index in [4.69, 9.17) is 4.74 Å². The van der Waals surface area contributed by atoms with Crippen LogP contribution in [0.25, 0.3) is 5.95 Å². The highest BCUT2D eigenvalue weighted by atomic mass is 16.5. The zero-order valence-electron chi connectivity index (χ0n) is 18.9. The topological polar surface area (TPSA) is 129 Å². The summed E-state index contributed by atoms with van der Waals surface area (Å²) in [6, 6.07) is 9.82. The molecule has 0 aliphatic heterocycles. The van der Waals surface area contributed by atoms with Crippen LogP contribution < -0.4 is 10.2 Å². The molecule has 0 fully saturated rings. The number of aromatic nitrogens is 4. The number of anilines is 2. The molecular formula is C22H24N6O5. The fourth-order valence-electron chi connectivity index (χ4n) is 3.10. The normalized spacial score (nSPS) is 10.5. The van der Waals surface area contributed by atoms with Gasteiger partial charge in [0, 0.05) is 24.5 Å². The van der Waals surface area contributed by atoms with Crippen molar-refractivity contribution in [2.24, 2.45) is 0 Å². The standard InChI is InChI=1S/C22H24N6O5/c1-13-10-14(2)24-21(23-13)28-18(11-15(3)26-28)25-19(29)12-33-20(30)16-8-6-7-9-17(16)27(4)22(31)32-5/h6-11H,12H2,1-5H3,(H,25,29). The number of nitrogens with zero attached hydrogens (tertiary/aromatic N) is 5. The van der Waals surface area contributed by atoms with Gasteiger partial charge >= 0.3 is 12.1 Å². The van der Waals surface area contributed by atoms with Gasteiger partial charge < -0.3 is 14.8 Å². The third-order valence-corrected chi connectivity index (χ3v) is 4.53. The highest BCUT2D eigenvalue weighted by molar-refractivity contribution is 6.01. The quantitative estimate of drug-likeness (QED) is 0.565. The molecule has 11 nitrogen and oxygen atoms in total. The maximum Gasteiger partial charge on any atom is 0.413 e. The molecule has 2 aromatic heterocycles. The molecule has 0 spiro atoms. The molecule has 172 valence electrons. The van der Waals surface area contributed by atoms with Crippen LogP contribution in [0.15, 0.2) is 36.4 Å². The summed E-state index contributed by atoms with van der Waals surface area (Å²) in [7, 11) is 2.70. The third-order valence-electron chi connectivity index (χ3n) is 4.53. The third kappa shape index (κ3) is 5.50. The van der Waals surface area contributed by atoms with Gasteiger partial charge in [-0.3, -0.25) is 9.69 Å². The summed E-state index contributed by atoms with van der Waals surface area (Å²) in [6.07, 6.45) is -0.648. The Bertz CT molecular complexity index is 1190. The fourth-order valence-corrected chi connectivity index (χ4v) is 3.10. The Labute approximate surface area is 190 Å². The predicted octanol–water partition coefficient (Wildman–Crippen LogP) is 2.59. The van der Waals surface area contributed by atoms with Gasteiger partial charge in [-0.1, -0.05) is 12.1 Å². The lowest BCUT2D eigenvalue weighted by Gasteiger charge is -2.18. The van der Waals surface area contributed by atoms with Gasteiger partial charge in [-0.05, 0) is 39.0 Å². The Morgan fingerprint density at radius 1 is 1.03 bits per heavy atom. The van der Waals surface area contributed by atoms with E-state index >= 15 is 0 Å². The molecule has 0 saturated carbocycles. The first-order valence-corrected chi connectivity index (χ1v) is 9.96. The van der Waals surface area contributed by atoms with Crippen LogP contribution in [-0.2, 0) is 14.3 Å². The number of methoxy groups -OCH3 is 1. The van der Waals surface area contributed by atoms with Crippen molar-refractivity contribution in [3.05, 3.63) is 59.0 Å². The maximum absolute atomic E-state index is 12.6. The molecule has 0 atom stereocenters. The van der Waals surface area contributed by atoms with Crippen LogP contribution in [-0.4, -0.2) is 58.5 Å². The smallest absolute Gasteiger partial charge is 0.413 e. The number of aryl methyl sites for hydroxylation is 3. The van der Waals surface area contributed by atoms with Gasteiger partial charge in [-0.25, -0.2) is 19.6 Å². The number of rotatable bonds is 6. The fraction of sp³-hybridized carbons (Fsp3) is 0.273. The van der Waals surface area contributed by atoms with Gasteiger partial charge in [0.2, 0.25) is 0 Å². The molecule has 3 rings (SSSR count). The van der Waals surface area contributed by atoms with Crippen LogP contribution in [0.1, 0.15) is 27.4 Å². The van der Waals surface area contributed by atoms with Crippen LogP contribution in [0, 0.1) is 20.8 Å². The SMILES string of the molecule is COC(=O)N(C)c1ccccc1C(=O)OCC(=O)Nc1cc(C)nn1-c1nc(C)cc(C)n1. The summed E-state index contributed by atoms with van der Waals surface area (Å²) in [4.78, 5) is 46.8. The number of carbonyl (C=O) groups excluding carboxylic acids is 3. The molecule has 2 heterocycles. The lowest BCUT2D eigenvalue weighted by molar-refractivity contribution is -0.119. The summed E-state index contributed by atoms with van der Waals surface area (Å²) < 4.78 is 11.3. The molecule has 0 aliphatic carbocycles. The van der Waals surface area contributed by atoms with E-state index in [2.05, 4.69) is 25.1 Å². The Kier molecular flexibility index (Phi) is 7.01. The first-order chi connectivity index (χ1) is 15.7. The van der Waals surface area contributed by atoms with Gasteiger partial charge in [0.15, 0.2) is 6.61 Å². The molecule has 0 unspecified atom stereocenters. The zero-order valence-corrected chi connectivity index (χ0v) is 18.9. The number of hydrogen-bond acceptors (Lipinski definition) is 8. The lowest BCUT2D eigenvalue weighted by Crippen LogP contribution is -2.28. The van der Waals surface area contributed by atoms with E-state index in [1.165, 1.54) is 29.8 Å². The van der Waals surface area contributed by atoms with Crippen molar-refractivity contribution in [3.8, 4) is 5.95 Å². The first kappa shape index (κ1) is 23.4. The molecule has 2 amide bonds. The van der Waals surface area contributed by atoms with Crippen molar-refractivity contribution in [3.63, 3.8) is 0 Å². The van der Waals surface area contributed by atoms with E-state index < -0.39 is 24.6 Å². The second kappa shape index (κ2) is 9.90. The van der Waals surface area contributed by atoms with Crippen molar-refractivity contribution in [2.45, 2.75) is 20.8 Å². The molecule has 3 aromatic rings. The highest BCUT2D eigenvalue weighted by Gasteiger charge is 2.21.